The van der Waals surface area contributed by atoms with Crippen molar-refractivity contribution in [1.82, 2.24) is 10.2 Å². The van der Waals surface area contributed by atoms with Crippen LogP contribution >= 0.6 is 0 Å². The molecule has 1 aromatic heterocycles. The van der Waals surface area contributed by atoms with Crippen molar-refractivity contribution in [3.63, 3.8) is 0 Å². The minimum atomic E-state index is -0.219. The number of likely N-dealkylation sites (tertiary alicyclic amines) is 1. The van der Waals surface area contributed by atoms with Gasteiger partial charge < -0.3 is 19.4 Å². The third-order valence-electron chi connectivity index (χ3n) is 4.99. The van der Waals surface area contributed by atoms with Crippen molar-refractivity contribution in [2.45, 2.75) is 39.2 Å². The maximum Gasteiger partial charge on any atom is 0.260 e. The van der Waals surface area contributed by atoms with E-state index in [-0.39, 0.29) is 24.5 Å². The molecule has 2 heterocycles. The second-order valence-corrected chi connectivity index (χ2v) is 7.17. The first-order chi connectivity index (χ1) is 14.1. The van der Waals surface area contributed by atoms with Gasteiger partial charge in [0, 0.05) is 24.7 Å². The average molecular weight is 396 g/mol. The Morgan fingerprint density at radius 2 is 1.97 bits per heavy atom. The number of hydrogen-bond acceptors (Lipinski definition) is 4. The van der Waals surface area contributed by atoms with E-state index < -0.39 is 0 Å². The van der Waals surface area contributed by atoms with Gasteiger partial charge in [0.05, 0.1) is 6.04 Å². The summed E-state index contributed by atoms with van der Waals surface area (Å²) in [6, 6.07) is 11.0. The largest absolute Gasteiger partial charge is 0.483 e. The molecule has 6 heteroatoms. The van der Waals surface area contributed by atoms with Crippen LogP contribution in [-0.4, -0.2) is 36.4 Å². The van der Waals surface area contributed by atoms with E-state index in [2.05, 4.69) is 5.32 Å². The molecule has 0 radical (unpaired) electrons. The second-order valence-electron chi connectivity index (χ2n) is 7.17. The maximum absolute atomic E-state index is 12.4. The zero-order valence-electron chi connectivity index (χ0n) is 17.0. The third-order valence-corrected chi connectivity index (χ3v) is 4.99. The second kappa shape index (κ2) is 9.96. The highest BCUT2D eigenvalue weighted by atomic mass is 16.5. The number of benzene rings is 1. The molecule has 0 saturated carbocycles. The van der Waals surface area contributed by atoms with E-state index in [0.717, 1.165) is 37.3 Å². The van der Waals surface area contributed by atoms with Crippen LogP contribution in [0.5, 0.6) is 5.75 Å². The van der Waals surface area contributed by atoms with Gasteiger partial charge in [0.1, 0.15) is 17.3 Å². The molecule has 0 spiro atoms. The van der Waals surface area contributed by atoms with Gasteiger partial charge in [-0.1, -0.05) is 25.1 Å². The molecule has 29 heavy (non-hydrogen) atoms. The smallest absolute Gasteiger partial charge is 0.260 e. The lowest BCUT2D eigenvalue weighted by molar-refractivity contribution is -0.132. The molecule has 3 rings (SSSR count). The van der Waals surface area contributed by atoms with Crippen molar-refractivity contribution in [3.05, 3.63) is 59.6 Å². The summed E-state index contributed by atoms with van der Waals surface area (Å²) in [6.07, 6.45) is 5.90. The van der Waals surface area contributed by atoms with Crippen LogP contribution in [0.1, 0.15) is 49.3 Å². The molecular weight excluding hydrogens is 368 g/mol. The first-order valence-electron chi connectivity index (χ1n) is 10.1. The lowest BCUT2D eigenvalue weighted by Crippen LogP contribution is -2.32. The Balaban J connectivity index is 1.63. The highest BCUT2D eigenvalue weighted by Gasteiger charge is 2.20. The van der Waals surface area contributed by atoms with Crippen LogP contribution in [0.4, 0.5) is 0 Å². The van der Waals surface area contributed by atoms with Crippen LogP contribution in [0.15, 0.2) is 46.9 Å². The maximum atomic E-state index is 12.4. The molecule has 1 aliphatic rings. The molecule has 1 atom stereocenters. The number of nitrogens with one attached hydrogen (secondary N) is 1. The number of carbonyl (C=O) groups excluding carboxylic acids is 2. The Labute approximate surface area is 171 Å². The molecule has 1 N–H and O–H groups in total. The quantitative estimate of drug-likeness (QED) is 0.688. The standard InChI is InChI=1S/C23H28N2O4/c1-3-20(24-22(26)13-12-18-11-10-17(2)29-18)19-8-4-5-9-21(19)28-16-23(27)25-14-6-7-15-25/h4-5,8-13,20H,3,6-7,14-16H2,1-2H3,(H,24,26)/b13-12+. The minimum absolute atomic E-state index is 0.00561. The Morgan fingerprint density at radius 3 is 2.66 bits per heavy atom. The number of nitrogens with zero attached hydrogens (tertiary/aromatic N) is 1. The number of ether oxygens (including phenoxy) is 1. The summed E-state index contributed by atoms with van der Waals surface area (Å²) >= 11 is 0. The Kier molecular flexibility index (Phi) is 7.11. The summed E-state index contributed by atoms with van der Waals surface area (Å²) in [5, 5.41) is 3.00. The van der Waals surface area contributed by atoms with Gasteiger partial charge in [0.2, 0.25) is 5.91 Å². The molecule has 0 bridgehead atoms. The Morgan fingerprint density at radius 1 is 1.21 bits per heavy atom. The van der Waals surface area contributed by atoms with Gasteiger partial charge >= 0.3 is 0 Å². The molecular formula is C23H28N2O4. The molecule has 1 saturated heterocycles. The van der Waals surface area contributed by atoms with Gasteiger partial charge in [-0.05, 0) is 50.5 Å². The van der Waals surface area contributed by atoms with Crippen LogP contribution in [0.2, 0.25) is 0 Å². The lowest BCUT2D eigenvalue weighted by atomic mass is 10.0. The topological polar surface area (TPSA) is 71.8 Å². The summed E-state index contributed by atoms with van der Waals surface area (Å²) in [5.74, 6) is 1.85. The van der Waals surface area contributed by atoms with Gasteiger partial charge in [0.25, 0.3) is 5.91 Å². The molecule has 2 aromatic rings. The van der Waals surface area contributed by atoms with E-state index in [1.807, 2.05) is 55.1 Å². The van der Waals surface area contributed by atoms with Crippen molar-refractivity contribution in [1.29, 1.82) is 0 Å². The zero-order chi connectivity index (χ0) is 20.6. The monoisotopic (exact) mass is 396 g/mol. The Bertz CT molecular complexity index is 865. The number of rotatable bonds is 8. The zero-order valence-corrected chi connectivity index (χ0v) is 17.0. The van der Waals surface area contributed by atoms with Crippen LogP contribution in [0, 0.1) is 6.92 Å². The Hall–Kier alpha value is -3.02. The molecule has 6 nitrogen and oxygen atoms in total. The van der Waals surface area contributed by atoms with E-state index >= 15 is 0 Å². The van der Waals surface area contributed by atoms with Crippen LogP contribution in [-0.2, 0) is 9.59 Å². The summed E-state index contributed by atoms with van der Waals surface area (Å²) in [7, 11) is 0. The number of amides is 2. The van der Waals surface area contributed by atoms with Gasteiger partial charge in [0.15, 0.2) is 6.61 Å². The van der Waals surface area contributed by atoms with E-state index in [1.54, 1.807) is 6.08 Å². The fourth-order valence-electron chi connectivity index (χ4n) is 3.42. The summed E-state index contributed by atoms with van der Waals surface area (Å²) in [5.41, 5.74) is 0.861. The van der Waals surface area contributed by atoms with E-state index in [4.69, 9.17) is 9.15 Å². The van der Waals surface area contributed by atoms with Crippen LogP contribution in [0.25, 0.3) is 6.08 Å². The third kappa shape index (κ3) is 5.73. The van der Waals surface area contributed by atoms with Gasteiger partial charge in [-0.3, -0.25) is 9.59 Å². The number of hydrogen-bond donors (Lipinski definition) is 1. The summed E-state index contributed by atoms with van der Waals surface area (Å²) in [6.45, 7) is 5.48. The average Bonchev–Trinajstić information content (AvgIpc) is 3.41. The van der Waals surface area contributed by atoms with Gasteiger partial charge in [-0.2, -0.15) is 0 Å². The molecule has 1 aliphatic heterocycles. The normalized spacial score (nSPS) is 14.9. The van der Waals surface area contributed by atoms with Crippen LogP contribution < -0.4 is 10.1 Å². The number of aryl methyl sites for hydroxylation is 1. The van der Waals surface area contributed by atoms with E-state index in [0.29, 0.717) is 17.9 Å². The molecule has 1 fully saturated rings. The van der Waals surface area contributed by atoms with Gasteiger partial charge in [-0.25, -0.2) is 0 Å². The van der Waals surface area contributed by atoms with E-state index in [1.165, 1.54) is 6.08 Å². The van der Waals surface area contributed by atoms with Crippen molar-refractivity contribution >= 4 is 17.9 Å². The number of furan rings is 1. The number of para-hydroxylation sites is 1. The summed E-state index contributed by atoms with van der Waals surface area (Å²) < 4.78 is 11.3. The SMILES string of the molecule is CCC(NC(=O)/C=C/c1ccc(C)o1)c1ccccc1OCC(=O)N1CCCC1. The molecule has 0 aliphatic carbocycles. The molecule has 1 unspecified atom stereocenters. The first kappa shape index (κ1) is 20.7. The molecule has 1 aromatic carbocycles. The minimum Gasteiger partial charge on any atom is -0.483 e. The van der Waals surface area contributed by atoms with E-state index in [9.17, 15) is 9.59 Å². The molecule has 154 valence electrons. The highest BCUT2D eigenvalue weighted by Crippen LogP contribution is 2.27. The van der Waals surface area contributed by atoms with Crippen molar-refractivity contribution < 1.29 is 18.7 Å². The lowest BCUT2D eigenvalue weighted by Gasteiger charge is -2.21. The van der Waals surface area contributed by atoms with Crippen molar-refractivity contribution in [2.24, 2.45) is 0 Å². The highest BCUT2D eigenvalue weighted by molar-refractivity contribution is 5.91. The fraction of sp³-hybridized carbons (Fsp3) is 0.391. The van der Waals surface area contributed by atoms with Gasteiger partial charge in [-0.15, -0.1) is 0 Å². The fourth-order valence-corrected chi connectivity index (χ4v) is 3.42. The van der Waals surface area contributed by atoms with Crippen LogP contribution in [0.3, 0.4) is 0 Å². The summed E-state index contributed by atoms with van der Waals surface area (Å²) in [4.78, 5) is 26.5. The van der Waals surface area contributed by atoms with Crippen molar-refractivity contribution in [2.75, 3.05) is 19.7 Å². The van der Waals surface area contributed by atoms with Crippen molar-refractivity contribution in [3.8, 4) is 5.75 Å². The molecule has 2 amide bonds. The predicted molar refractivity (Wildman–Crippen MR) is 111 cm³/mol. The first-order valence-corrected chi connectivity index (χ1v) is 10.1. The predicted octanol–water partition coefficient (Wildman–Crippen LogP) is 3.87. The number of carbonyl (C=O) groups is 2.